The van der Waals surface area contributed by atoms with Crippen LogP contribution < -0.4 is 9.47 Å². The molecule has 1 heterocycles. The van der Waals surface area contributed by atoms with Crippen molar-refractivity contribution < 1.29 is 19.2 Å². The Kier molecular flexibility index (Phi) is 6.65. The molecule has 0 fully saturated rings. The molecule has 1 aromatic heterocycles. The van der Waals surface area contributed by atoms with Gasteiger partial charge in [-0.2, -0.15) is 10.4 Å². The lowest BCUT2D eigenvalue weighted by Crippen LogP contribution is -2.15. The minimum Gasteiger partial charge on any atom is -0.493 e. The predicted molar refractivity (Wildman–Crippen MR) is 116 cm³/mol. The first-order valence-corrected chi connectivity index (χ1v) is 9.56. The van der Waals surface area contributed by atoms with Gasteiger partial charge in [-0.15, -0.1) is 0 Å². The van der Waals surface area contributed by atoms with E-state index in [4.69, 9.17) is 9.47 Å². The minimum atomic E-state index is -0.518. The summed E-state index contributed by atoms with van der Waals surface area (Å²) >= 11 is 0. The van der Waals surface area contributed by atoms with Gasteiger partial charge in [-0.05, 0) is 61.4 Å². The topological polar surface area (TPSA) is 120 Å². The third-order valence-electron chi connectivity index (χ3n) is 4.59. The van der Waals surface area contributed by atoms with Gasteiger partial charge in [-0.1, -0.05) is 6.07 Å². The summed E-state index contributed by atoms with van der Waals surface area (Å²) in [6, 6.07) is 14.7. The van der Waals surface area contributed by atoms with Crippen LogP contribution in [0.5, 0.6) is 11.5 Å². The van der Waals surface area contributed by atoms with E-state index in [0.717, 1.165) is 5.56 Å². The summed E-state index contributed by atoms with van der Waals surface area (Å²) in [6.45, 7) is 3.70. The monoisotopic (exact) mass is 432 g/mol. The fourth-order valence-corrected chi connectivity index (χ4v) is 3.03. The summed E-state index contributed by atoms with van der Waals surface area (Å²) in [6.07, 6.45) is 1.46. The number of nitro benzene ring substituents is 1. The molecule has 162 valence electrons. The van der Waals surface area contributed by atoms with Crippen molar-refractivity contribution in [3.63, 3.8) is 0 Å². The van der Waals surface area contributed by atoms with Crippen molar-refractivity contribution in [1.82, 2.24) is 9.78 Å². The summed E-state index contributed by atoms with van der Waals surface area (Å²) in [5.74, 6) is 0.346. The highest BCUT2D eigenvalue weighted by Gasteiger charge is 2.16. The number of carbonyl (C=O) groups is 1. The maximum absolute atomic E-state index is 12.7. The fraction of sp³-hybridized carbons (Fsp3) is 0.174. The van der Waals surface area contributed by atoms with Gasteiger partial charge in [0.2, 0.25) is 0 Å². The summed E-state index contributed by atoms with van der Waals surface area (Å²) < 4.78 is 12.4. The molecule has 9 nitrogen and oxygen atoms in total. The van der Waals surface area contributed by atoms with E-state index >= 15 is 0 Å². The van der Waals surface area contributed by atoms with Crippen LogP contribution in [0.2, 0.25) is 0 Å². The maximum atomic E-state index is 12.7. The molecule has 32 heavy (non-hydrogen) atoms. The Bertz CT molecular complexity index is 1240. The Morgan fingerprint density at radius 2 is 1.91 bits per heavy atom. The highest BCUT2D eigenvalue weighted by Crippen LogP contribution is 2.30. The van der Waals surface area contributed by atoms with E-state index in [9.17, 15) is 20.2 Å². The van der Waals surface area contributed by atoms with E-state index in [1.54, 1.807) is 50.2 Å². The van der Waals surface area contributed by atoms with Crippen LogP contribution in [0.4, 0.5) is 5.69 Å². The van der Waals surface area contributed by atoms with Crippen LogP contribution in [0.15, 0.2) is 54.1 Å². The molecule has 0 atom stereocenters. The lowest BCUT2D eigenvalue weighted by molar-refractivity contribution is -0.384. The number of aromatic nitrogens is 2. The summed E-state index contributed by atoms with van der Waals surface area (Å²) in [4.78, 5) is 23.0. The predicted octanol–water partition coefficient (Wildman–Crippen LogP) is 4.24. The zero-order valence-electron chi connectivity index (χ0n) is 17.7. The number of non-ortho nitro benzene ring substituents is 1. The van der Waals surface area contributed by atoms with Crippen molar-refractivity contribution in [3.05, 3.63) is 86.7 Å². The lowest BCUT2D eigenvalue weighted by atomic mass is 10.1. The van der Waals surface area contributed by atoms with E-state index < -0.39 is 10.8 Å². The molecule has 0 aliphatic rings. The minimum absolute atomic E-state index is 0.00535. The summed E-state index contributed by atoms with van der Waals surface area (Å²) in [7, 11) is 1.48. The average Bonchev–Trinajstić information content (AvgIpc) is 3.13. The van der Waals surface area contributed by atoms with Gasteiger partial charge >= 0.3 is 0 Å². The zero-order chi connectivity index (χ0) is 23.3. The molecule has 0 aliphatic heterocycles. The third kappa shape index (κ3) is 4.99. The Morgan fingerprint density at radius 3 is 2.47 bits per heavy atom. The van der Waals surface area contributed by atoms with E-state index in [1.165, 1.54) is 30.0 Å². The van der Waals surface area contributed by atoms with Crippen LogP contribution >= 0.6 is 0 Å². The molecular formula is C23H20N4O5. The van der Waals surface area contributed by atoms with Crippen LogP contribution in [0.3, 0.4) is 0 Å². The van der Waals surface area contributed by atoms with Crippen LogP contribution in [-0.2, 0) is 6.61 Å². The first-order valence-electron chi connectivity index (χ1n) is 9.56. The van der Waals surface area contributed by atoms with Gasteiger partial charge in [0.05, 0.1) is 17.7 Å². The number of nitriles is 1. The fourth-order valence-electron chi connectivity index (χ4n) is 3.03. The van der Waals surface area contributed by atoms with Crippen molar-refractivity contribution in [3.8, 4) is 17.6 Å². The summed E-state index contributed by atoms with van der Waals surface area (Å²) in [5, 5.41) is 24.4. The SMILES string of the molecule is COc1cc(/C=C(\C#N)C(=O)n2nc(C)cc2C)ccc1OCc1ccc([N+](=O)[O-])cc1. The van der Waals surface area contributed by atoms with E-state index in [0.29, 0.717) is 28.5 Å². The Morgan fingerprint density at radius 1 is 1.19 bits per heavy atom. The van der Waals surface area contributed by atoms with Crippen LogP contribution in [-0.4, -0.2) is 27.7 Å². The average molecular weight is 432 g/mol. The number of benzene rings is 2. The van der Waals surface area contributed by atoms with Crippen molar-refractivity contribution in [2.75, 3.05) is 7.11 Å². The number of rotatable bonds is 7. The second-order valence-corrected chi connectivity index (χ2v) is 6.94. The number of ether oxygens (including phenoxy) is 2. The third-order valence-corrected chi connectivity index (χ3v) is 4.59. The zero-order valence-corrected chi connectivity index (χ0v) is 17.7. The molecule has 0 spiro atoms. The number of methoxy groups -OCH3 is 1. The van der Waals surface area contributed by atoms with Gasteiger partial charge in [0.1, 0.15) is 18.2 Å². The van der Waals surface area contributed by atoms with Crippen LogP contribution in [0.1, 0.15) is 27.3 Å². The quantitative estimate of drug-likeness (QED) is 0.237. The molecule has 9 heteroatoms. The normalized spacial score (nSPS) is 11.0. The molecule has 0 radical (unpaired) electrons. The van der Waals surface area contributed by atoms with Crippen molar-refractivity contribution in [2.45, 2.75) is 20.5 Å². The number of aryl methyl sites for hydroxylation is 2. The van der Waals surface area contributed by atoms with Crippen LogP contribution in [0.25, 0.3) is 6.08 Å². The largest absolute Gasteiger partial charge is 0.493 e. The van der Waals surface area contributed by atoms with E-state index in [-0.39, 0.29) is 17.9 Å². The lowest BCUT2D eigenvalue weighted by Gasteiger charge is -2.11. The number of hydrogen-bond acceptors (Lipinski definition) is 7. The number of allylic oxidation sites excluding steroid dienone is 1. The molecular weight excluding hydrogens is 412 g/mol. The number of nitro groups is 1. The van der Waals surface area contributed by atoms with E-state index in [1.807, 2.05) is 6.07 Å². The Labute approximate surface area is 184 Å². The number of hydrogen-bond donors (Lipinski definition) is 0. The molecule has 0 saturated heterocycles. The van der Waals surface area contributed by atoms with Gasteiger partial charge in [-0.3, -0.25) is 14.9 Å². The Hall–Kier alpha value is -4.45. The number of nitrogens with zero attached hydrogens (tertiary/aromatic N) is 4. The molecule has 3 aromatic rings. The first kappa shape index (κ1) is 22.2. The maximum Gasteiger partial charge on any atom is 0.289 e. The second kappa shape index (κ2) is 9.57. The van der Waals surface area contributed by atoms with Gasteiger partial charge in [0.15, 0.2) is 11.5 Å². The van der Waals surface area contributed by atoms with Crippen molar-refractivity contribution in [1.29, 1.82) is 5.26 Å². The smallest absolute Gasteiger partial charge is 0.289 e. The molecule has 2 aromatic carbocycles. The van der Waals surface area contributed by atoms with Gasteiger partial charge in [-0.25, -0.2) is 4.68 Å². The second-order valence-electron chi connectivity index (χ2n) is 6.94. The van der Waals surface area contributed by atoms with Crippen molar-refractivity contribution >= 4 is 17.7 Å². The molecule has 0 aliphatic carbocycles. The highest BCUT2D eigenvalue weighted by molar-refractivity contribution is 6.03. The van der Waals surface area contributed by atoms with Gasteiger partial charge < -0.3 is 9.47 Å². The Balaban J connectivity index is 1.79. The molecule has 0 saturated carbocycles. The van der Waals surface area contributed by atoms with Crippen LogP contribution in [0, 0.1) is 35.3 Å². The molecule has 0 N–H and O–H groups in total. The molecule has 0 bridgehead atoms. The molecule has 0 unspecified atom stereocenters. The summed E-state index contributed by atoms with van der Waals surface area (Å²) in [5.41, 5.74) is 2.59. The highest BCUT2D eigenvalue weighted by atomic mass is 16.6. The van der Waals surface area contributed by atoms with E-state index in [2.05, 4.69) is 5.10 Å². The molecule has 0 amide bonds. The standard InChI is InChI=1S/C23H20N4O5/c1-15-10-16(2)26(25-15)23(28)19(13-24)11-18-6-9-21(22(12-18)31-3)32-14-17-4-7-20(8-5-17)27(29)30/h4-12H,14H2,1-3H3/b19-11+. The van der Waals surface area contributed by atoms with Gasteiger partial charge in [0, 0.05) is 17.8 Å². The molecule has 3 rings (SSSR count). The van der Waals surface area contributed by atoms with Gasteiger partial charge in [0.25, 0.3) is 11.6 Å². The first-order chi connectivity index (χ1) is 15.3. The number of carbonyl (C=O) groups excluding carboxylic acids is 1. The van der Waals surface area contributed by atoms with Crippen molar-refractivity contribution in [2.24, 2.45) is 0 Å².